The molecule has 0 spiro atoms. The van der Waals surface area contributed by atoms with Crippen molar-refractivity contribution < 1.29 is 14.3 Å². The highest BCUT2D eigenvalue weighted by molar-refractivity contribution is 7.09. The van der Waals surface area contributed by atoms with Gasteiger partial charge in [-0.15, -0.1) is 11.3 Å². The van der Waals surface area contributed by atoms with E-state index in [9.17, 15) is 4.79 Å². The molecule has 0 amide bonds. The van der Waals surface area contributed by atoms with Crippen LogP contribution in [0.15, 0.2) is 30.2 Å². The Kier molecular flexibility index (Phi) is 4.05. The minimum Gasteiger partial charge on any atom is -0.430 e. The van der Waals surface area contributed by atoms with Gasteiger partial charge >= 0.3 is 6.16 Å². The molecule has 13 heavy (non-hydrogen) atoms. The zero-order valence-electron chi connectivity index (χ0n) is 7.06. The highest BCUT2D eigenvalue weighted by Gasteiger charge is 2.02. The van der Waals surface area contributed by atoms with Gasteiger partial charge in [-0.25, -0.2) is 4.79 Å². The predicted molar refractivity (Wildman–Crippen MR) is 50.7 cm³/mol. The van der Waals surface area contributed by atoms with E-state index in [0.717, 1.165) is 4.88 Å². The molecule has 0 aliphatic rings. The molecule has 70 valence electrons. The molecule has 1 aromatic rings. The Morgan fingerprint density at radius 1 is 1.62 bits per heavy atom. The van der Waals surface area contributed by atoms with E-state index < -0.39 is 6.16 Å². The second-order valence-corrected chi connectivity index (χ2v) is 3.25. The first kappa shape index (κ1) is 9.80. The summed E-state index contributed by atoms with van der Waals surface area (Å²) in [6, 6.07) is 3.80. The predicted octanol–water partition coefficient (Wildman–Crippen LogP) is 2.59. The smallest absolute Gasteiger partial charge is 0.430 e. The van der Waals surface area contributed by atoms with Crippen LogP contribution in [0.3, 0.4) is 0 Å². The molecule has 0 unspecified atom stereocenters. The van der Waals surface area contributed by atoms with Gasteiger partial charge in [0, 0.05) is 4.88 Å². The number of carbonyl (C=O) groups is 1. The molecule has 1 rings (SSSR count). The number of hydrogen-bond acceptors (Lipinski definition) is 4. The summed E-state index contributed by atoms with van der Waals surface area (Å²) in [7, 11) is 0. The summed E-state index contributed by atoms with van der Waals surface area (Å²) in [5.74, 6) is 0. The molecule has 0 saturated heterocycles. The molecule has 0 aliphatic heterocycles. The Balaban J connectivity index is 2.19. The molecule has 1 aromatic heterocycles. The fourth-order valence-electron chi connectivity index (χ4n) is 0.693. The van der Waals surface area contributed by atoms with E-state index in [1.165, 1.54) is 17.4 Å². The lowest BCUT2D eigenvalue weighted by atomic mass is 10.5. The van der Waals surface area contributed by atoms with Gasteiger partial charge in [0.15, 0.2) is 0 Å². The number of ether oxygens (including phenoxy) is 2. The fraction of sp³-hybridized carbons (Fsp3) is 0.222. The molecular formula is C9H10O3S. The molecule has 0 N–H and O–H groups in total. The summed E-state index contributed by atoms with van der Waals surface area (Å²) >= 11 is 1.54. The molecule has 3 nitrogen and oxygen atoms in total. The molecular weight excluding hydrogens is 188 g/mol. The monoisotopic (exact) mass is 198 g/mol. The molecule has 0 bridgehead atoms. The number of thiophene rings is 1. The van der Waals surface area contributed by atoms with Crippen molar-refractivity contribution in [3.8, 4) is 0 Å². The van der Waals surface area contributed by atoms with E-state index in [4.69, 9.17) is 4.74 Å². The maximum absolute atomic E-state index is 10.8. The highest BCUT2D eigenvalue weighted by Crippen LogP contribution is 2.09. The third-order valence-corrected chi connectivity index (χ3v) is 2.08. The van der Waals surface area contributed by atoms with Crippen molar-refractivity contribution in [3.63, 3.8) is 0 Å². The van der Waals surface area contributed by atoms with Gasteiger partial charge < -0.3 is 9.47 Å². The third-order valence-electron chi connectivity index (χ3n) is 1.23. The third kappa shape index (κ3) is 3.75. The highest BCUT2D eigenvalue weighted by atomic mass is 32.1. The Hall–Kier alpha value is -1.29. The summed E-state index contributed by atoms with van der Waals surface area (Å²) in [5, 5.41) is 1.92. The van der Waals surface area contributed by atoms with Gasteiger partial charge in [0.25, 0.3) is 0 Å². The van der Waals surface area contributed by atoms with Crippen LogP contribution in [0.25, 0.3) is 0 Å². The van der Waals surface area contributed by atoms with E-state index in [0.29, 0.717) is 0 Å². The number of rotatable bonds is 4. The van der Waals surface area contributed by atoms with Crippen LogP contribution in [-0.4, -0.2) is 12.8 Å². The summed E-state index contributed by atoms with van der Waals surface area (Å²) < 4.78 is 9.40. The minimum absolute atomic E-state index is 0.184. The summed E-state index contributed by atoms with van der Waals surface area (Å²) in [6.07, 6.45) is 0.833. The van der Waals surface area contributed by atoms with E-state index in [2.05, 4.69) is 11.3 Å². The van der Waals surface area contributed by atoms with Crippen molar-refractivity contribution in [2.75, 3.05) is 6.61 Å². The van der Waals surface area contributed by atoms with Crippen LogP contribution >= 0.6 is 11.3 Å². The van der Waals surface area contributed by atoms with Crippen LogP contribution in [0.5, 0.6) is 0 Å². The first-order valence-corrected chi connectivity index (χ1v) is 4.63. The van der Waals surface area contributed by atoms with Crippen molar-refractivity contribution in [1.82, 2.24) is 0 Å². The molecule has 0 radical (unpaired) electrons. The van der Waals surface area contributed by atoms with Crippen molar-refractivity contribution in [2.45, 2.75) is 6.61 Å². The quantitative estimate of drug-likeness (QED) is 0.551. The normalized spacial score (nSPS) is 9.23. The van der Waals surface area contributed by atoms with E-state index >= 15 is 0 Å². The first-order valence-electron chi connectivity index (χ1n) is 3.75. The largest absolute Gasteiger partial charge is 0.508 e. The maximum atomic E-state index is 10.8. The molecule has 0 aromatic carbocycles. The molecule has 0 fully saturated rings. The molecule has 0 saturated carbocycles. The van der Waals surface area contributed by atoms with Crippen LogP contribution in [-0.2, 0) is 16.1 Å². The minimum atomic E-state index is -0.659. The van der Waals surface area contributed by atoms with Gasteiger partial charge in [-0.3, -0.25) is 0 Å². The van der Waals surface area contributed by atoms with Crippen LogP contribution in [0.4, 0.5) is 4.79 Å². The maximum Gasteiger partial charge on any atom is 0.508 e. The van der Waals surface area contributed by atoms with Crippen molar-refractivity contribution >= 4 is 17.5 Å². The first-order chi connectivity index (χ1) is 6.33. The average Bonchev–Trinajstić information content (AvgIpc) is 2.64. The second kappa shape index (κ2) is 5.37. The van der Waals surface area contributed by atoms with Gasteiger partial charge in [0.1, 0.15) is 13.2 Å². The van der Waals surface area contributed by atoms with E-state index in [1.54, 1.807) is 0 Å². The summed E-state index contributed by atoms with van der Waals surface area (Å²) in [4.78, 5) is 11.8. The second-order valence-electron chi connectivity index (χ2n) is 2.22. The lowest BCUT2D eigenvalue weighted by Crippen LogP contribution is -2.06. The van der Waals surface area contributed by atoms with Crippen molar-refractivity contribution in [1.29, 1.82) is 0 Å². The topological polar surface area (TPSA) is 35.5 Å². The van der Waals surface area contributed by atoms with Gasteiger partial charge in [0.2, 0.25) is 0 Å². The van der Waals surface area contributed by atoms with Gasteiger partial charge in [-0.1, -0.05) is 18.7 Å². The van der Waals surface area contributed by atoms with E-state index in [1.807, 2.05) is 17.5 Å². The Morgan fingerprint density at radius 3 is 3.08 bits per heavy atom. The standard InChI is InChI=1S/C9H10O3S/c1-2-5-11-9(10)12-7-8-4-3-6-13-8/h2-4,6H,1,5,7H2. The molecule has 0 atom stereocenters. The van der Waals surface area contributed by atoms with Crippen LogP contribution in [0.2, 0.25) is 0 Å². The number of hydrogen-bond donors (Lipinski definition) is 0. The van der Waals surface area contributed by atoms with E-state index in [-0.39, 0.29) is 13.2 Å². The molecule has 4 heteroatoms. The Morgan fingerprint density at radius 2 is 2.46 bits per heavy atom. The zero-order chi connectivity index (χ0) is 9.52. The average molecular weight is 198 g/mol. The van der Waals surface area contributed by atoms with Crippen molar-refractivity contribution in [2.24, 2.45) is 0 Å². The molecule has 0 aliphatic carbocycles. The lowest BCUT2D eigenvalue weighted by Gasteiger charge is -2.01. The van der Waals surface area contributed by atoms with Crippen molar-refractivity contribution in [3.05, 3.63) is 35.0 Å². The SMILES string of the molecule is C=CCOC(=O)OCc1cccs1. The van der Waals surface area contributed by atoms with Crippen LogP contribution < -0.4 is 0 Å². The molecule has 1 heterocycles. The Labute approximate surface area is 80.6 Å². The number of carbonyl (C=O) groups excluding carboxylic acids is 1. The van der Waals surface area contributed by atoms with Gasteiger partial charge in [0.05, 0.1) is 0 Å². The van der Waals surface area contributed by atoms with Crippen LogP contribution in [0.1, 0.15) is 4.88 Å². The zero-order valence-corrected chi connectivity index (χ0v) is 7.88. The van der Waals surface area contributed by atoms with Crippen LogP contribution in [0, 0.1) is 0 Å². The van der Waals surface area contributed by atoms with Gasteiger partial charge in [-0.2, -0.15) is 0 Å². The fourth-order valence-corrected chi connectivity index (χ4v) is 1.31. The van der Waals surface area contributed by atoms with Gasteiger partial charge in [-0.05, 0) is 11.4 Å². The summed E-state index contributed by atoms with van der Waals surface area (Å²) in [5.41, 5.74) is 0. The summed E-state index contributed by atoms with van der Waals surface area (Å²) in [6.45, 7) is 3.87. The Bertz CT molecular complexity index is 266. The lowest BCUT2D eigenvalue weighted by molar-refractivity contribution is 0.0584.